The van der Waals surface area contributed by atoms with Crippen LogP contribution < -0.4 is 10.6 Å². The molecule has 0 amide bonds. The van der Waals surface area contributed by atoms with E-state index in [0.29, 0.717) is 0 Å². The van der Waals surface area contributed by atoms with Crippen LogP contribution in [0.5, 0.6) is 0 Å². The minimum atomic E-state index is 0.731. The first-order valence-corrected chi connectivity index (χ1v) is 9.63. The first-order valence-electron chi connectivity index (χ1n) is 9.63. The number of rotatable bonds is 8. The van der Waals surface area contributed by atoms with Crippen LogP contribution in [0.1, 0.15) is 28.9 Å². The van der Waals surface area contributed by atoms with Crippen LogP contribution in [-0.4, -0.2) is 38.9 Å². The quantitative estimate of drug-likeness (QED) is 0.358. The van der Waals surface area contributed by atoms with E-state index in [2.05, 4.69) is 72.2 Å². The molecule has 3 aromatic rings. The summed E-state index contributed by atoms with van der Waals surface area (Å²) >= 11 is 0. The van der Waals surface area contributed by atoms with Crippen LogP contribution >= 0.6 is 0 Å². The third-order valence-corrected chi connectivity index (χ3v) is 4.54. The Morgan fingerprint density at radius 2 is 2.00 bits per heavy atom. The average molecular weight is 380 g/mol. The number of aryl methyl sites for hydroxylation is 3. The van der Waals surface area contributed by atoms with Crippen molar-refractivity contribution in [2.45, 2.75) is 39.9 Å². The Morgan fingerprint density at radius 3 is 2.71 bits per heavy atom. The fourth-order valence-corrected chi connectivity index (χ4v) is 3.17. The minimum Gasteiger partial charge on any atom is -0.356 e. The normalized spacial score (nSPS) is 11.6. The van der Waals surface area contributed by atoms with Gasteiger partial charge in [-0.2, -0.15) is 5.10 Å². The molecular formula is C21H29N7. The largest absolute Gasteiger partial charge is 0.356 e. The molecule has 28 heavy (non-hydrogen) atoms. The standard InChI is InChI=1S/C21H29N7/c1-17-12-18(2)28(26-17)10-5-8-24-21(22-3)25-14-19-6-4-7-20(13-19)15-27-11-9-23-16-27/h4,6-7,9,11-13,16H,5,8,10,14-15H2,1-3H3,(H2,22,24,25). The molecule has 3 rings (SSSR count). The van der Waals surface area contributed by atoms with E-state index in [1.54, 1.807) is 13.2 Å². The summed E-state index contributed by atoms with van der Waals surface area (Å²) in [5.74, 6) is 0.813. The first kappa shape index (κ1) is 19.7. The van der Waals surface area contributed by atoms with Crippen molar-refractivity contribution in [1.82, 2.24) is 30.0 Å². The van der Waals surface area contributed by atoms with Gasteiger partial charge >= 0.3 is 0 Å². The maximum Gasteiger partial charge on any atom is 0.191 e. The van der Waals surface area contributed by atoms with Crippen LogP contribution in [0.2, 0.25) is 0 Å². The lowest BCUT2D eigenvalue weighted by molar-refractivity contribution is 0.555. The van der Waals surface area contributed by atoms with E-state index < -0.39 is 0 Å². The number of nitrogens with one attached hydrogen (secondary N) is 2. The molecule has 7 nitrogen and oxygen atoms in total. The van der Waals surface area contributed by atoms with Gasteiger partial charge in [-0.05, 0) is 37.5 Å². The number of nitrogens with zero attached hydrogens (tertiary/aromatic N) is 5. The second kappa shape index (κ2) is 9.73. The number of aromatic nitrogens is 4. The van der Waals surface area contributed by atoms with Crippen molar-refractivity contribution in [3.63, 3.8) is 0 Å². The predicted molar refractivity (Wildman–Crippen MR) is 112 cm³/mol. The SMILES string of the molecule is CN=C(NCCCn1nc(C)cc1C)NCc1cccc(Cn2ccnc2)c1. The number of imidazole rings is 1. The fraction of sp³-hybridized carbons (Fsp3) is 0.381. The third kappa shape index (κ3) is 5.70. The highest BCUT2D eigenvalue weighted by Crippen LogP contribution is 2.07. The van der Waals surface area contributed by atoms with Crippen LogP contribution in [0.4, 0.5) is 0 Å². The Balaban J connectivity index is 1.43. The van der Waals surface area contributed by atoms with Gasteiger partial charge < -0.3 is 15.2 Å². The summed E-state index contributed by atoms with van der Waals surface area (Å²) in [6.45, 7) is 7.42. The molecule has 0 aliphatic carbocycles. The van der Waals surface area contributed by atoms with E-state index in [0.717, 1.165) is 44.3 Å². The van der Waals surface area contributed by atoms with Crippen molar-refractivity contribution < 1.29 is 0 Å². The summed E-state index contributed by atoms with van der Waals surface area (Å²) in [5.41, 5.74) is 4.75. The number of hydrogen-bond donors (Lipinski definition) is 2. The van der Waals surface area contributed by atoms with Gasteiger partial charge in [-0.15, -0.1) is 0 Å². The molecule has 0 aliphatic rings. The number of benzene rings is 1. The van der Waals surface area contributed by atoms with Gasteiger partial charge in [0, 0.05) is 51.3 Å². The Labute approximate surface area is 166 Å². The molecule has 0 bridgehead atoms. The zero-order valence-corrected chi connectivity index (χ0v) is 16.9. The number of aliphatic imine (C=N–C) groups is 1. The Morgan fingerprint density at radius 1 is 1.14 bits per heavy atom. The Hall–Kier alpha value is -3.09. The van der Waals surface area contributed by atoms with Crippen LogP contribution in [0, 0.1) is 13.8 Å². The Kier molecular flexibility index (Phi) is 6.84. The van der Waals surface area contributed by atoms with Gasteiger partial charge in [0.1, 0.15) is 0 Å². The lowest BCUT2D eigenvalue weighted by Crippen LogP contribution is -2.37. The fourth-order valence-electron chi connectivity index (χ4n) is 3.17. The molecule has 2 heterocycles. The van der Waals surface area contributed by atoms with Crippen molar-refractivity contribution >= 4 is 5.96 Å². The molecule has 0 fully saturated rings. The van der Waals surface area contributed by atoms with Crippen molar-refractivity contribution in [3.05, 3.63) is 71.6 Å². The maximum absolute atomic E-state index is 4.50. The molecule has 2 N–H and O–H groups in total. The highest BCUT2D eigenvalue weighted by molar-refractivity contribution is 5.79. The van der Waals surface area contributed by atoms with E-state index in [9.17, 15) is 0 Å². The van der Waals surface area contributed by atoms with E-state index in [4.69, 9.17) is 0 Å². The van der Waals surface area contributed by atoms with Gasteiger partial charge in [0.2, 0.25) is 0 Å². The molecule has 0 atom stereocenters. The molecule has 2 aromatic heterocycles. The van der Waals surface area contributed by atoms with Crippen LogP contribution in [0.15, 0.2) is 54.0 Å². The van der Waals surface area contributed by atoms with Gasteiger partial charge in [-0.3, -0.25) is 9.67 Å². The lowest BCUT2D eigenvalue weighted by atomic mass is 10.1. The molecule has 7 heteroatoms. The molecule has 0 unspecified atom stereocenters. The van der Waals surface area contributed by atoms with Gasteiger partial charge in [0.05, 0.1) is 12.0 Å². The van der Waals surface area contributed by atoms with Crippen molar-refractivity contribution in [2.24, 2.45) is 4.99 Å². The summed E-state index contributed by atoms with van der Waals surface area (Å²) in [6.07, 6.45) is 6.60. The maximum atomic E-state index is 4.50. The molecule has 0 saturated heterocycles. The lowest BCUT2D eigenvalue weighted by Gasteiger charge is -2.13. The number of guanidine groups is 1. The summed E-state index contributed by atoms with van der Waals surface area (Å²) in [7, 11) is 1.80. The topological polar surface area (TPSA) is 72.1 Å². The highest BCUT2D eigenvalue weighted by atomic mass is 15.3. The van der Waals surface area contributed by atoms with Crippen LogP contribution in [0.3, 0.4) is 0 Å². The predicted octanol–water partition coefficient (Wildman–Crippen LogP) is 2.50. The Bertz CT molecular complexity index is 893. The monoisotopic (exact) mass is 379 g/mol. The third-order valence-electron chi connectivity index (χ3n) is 4.54. The minimum absolute atomic E-state index is 0.731. The van der Waals surface area contributed by atoms with Gasteiger partial charge in [-0.25, -0.2) is 4.98 Å². The molecule has 0 spiro atoms. The molecule has 0 aliphatic heterocycles. The van der Waals surface area contributed by atoms with Gasteiger partial charge in [-0.1, -0.05) is 24.3 Å². The molecule has 1 aromatic carbocycles. The summed E-state index contributed by atoms with van der Waals surface area (Å²) in [5, 5.41) is 11.3. The van der Waals surface area contributed by atoms with Crippen molar-refractivity contribution in [3.8, 4) is 0 Å². The second-order valence-electron chi connectivity index (χ2n) is 6.91. The second-order valence-corrected chi connectivity index (χ2v) is 6.91. The number of hydrogen-bond acceptors (Lipinski definition) is 3. The highest BCUT2D eigenvalue weighted by Gasteiger charge is 2.02. The summed E-state index contributed by atoms with van der Waals surface area (Å²) < 4.78 is 4.12. The van der Waals surface area contributed by atoms with Crippen LogP contribution in [-0.2, 0) is 19.6 Å². The molecular weight excluding hydrogens is 350 g/mol. The first-order chi connectivity index (χ1) is 13.6. The summed E-state index contributed by atoms with van der Waals surface area (Å²) in [6, 6.07) is 10.7. The van der Waals surface area contributed by atoms with E-state index in [1.807, 2.05) is 19.4 Å². The zero-order chi connectivity index (χ0) is 19.8. The molecule has 0 radical (unpaired) electrons. The summed E-state index contributed by atoms with van der Waals surface area (Å²) in [4.78, 5) is 8.41. The van der Waals surface area contributed by atoms with Gasteiger partial charge in [0.25, 0.3) is 0 Å². The van der Waals surface area contributed by atoms with E-state index in [1.165, 1.54) is 16.8 Å². The van der Waals surface area contributed by atoms with Gasteiger partial charge in [0.15, 0.2) is 5.96 Å². The smallest absolute Gasteiger partial charge is 0.191 e. The van der Waals surface area contributed by atoms with Crippen molar-refractivity contribution in [2.75, 3.05) is 13.6 Å². The molecule has 148 valence electrons. The molecule has 0 saturated carbocycles. The van der Waals surface area contributed by atoms with Crippen molar-refractivity contribution in [1.29, 1.82) is 0 Å². The average Bonchev–Trinajstić information content (AvgIpc) is 3.30. The zero-order valence-electron chi connectivity index (χ0n) is 16.9. The van der Waals surface area contributed by atoms with E-state index >= 15 is 0 Å². The van der Waals surface area contributed by atoms with Crippen LogP contribution in [0.25, 0.3) is 0 Å². The van der Waals surface area contributed by atoms with E-state index in [-0.39, 0.29) is 0 Å².